The number of esters is 1. The lowest BCUT2D eigenvalue weighted by atomic mass is 10.2. The molecule has 0 bridgehead atoms. The first-order chi connectivity index (χ1) is 8.27. The van der Waals surface area contributed by atoms with Crippen molar-refractivity contribution in [3.8, 4) is 0 Å². The molecular formula is C12H18N2O2S. The summed E-state index contributed by atoms with van der Waals surface area (Å²) in [5, 5.41) is 2.95. The molecule has 0 fully saturated rings. The van der Waals surface area contributed by atoms with Gasteiger partial charge in [0.2, 0.25) is 0 Å². The topological polar surface area (TPSA) is 51.2 Å². The molecule has 1 aromatic heterocycles. The van der Waals surface area contributed by atoms with Gasteiger partial charge in [0, 0.05) is 18.1 Å². The van der Waals surface area contributed by atoms with Crippen molar-refractivity contribution >= 4 is 17.7 Å². The Labute approximate surface area is 106 Å². The molecule has 0 radical (unpaired) electrons. The Morgan fingerprint density at radius 2 is 2.24 bits per heavy atom. The molecule has 1 rings (SSSR count). The van der Waals surface area contributed by atoms with E-state index in [0.717, 1.165) is 17.9 Å². The molecule has 1 unspecified atom stereocenters. The van der Waals surface area contributed by atoms with Gasteiger partial charge in [0.15, 0.2) is 0 Å². The molecule has 1 aromatic rings. The molecule has 1 N–H and O–H groups in total. The summed E-state index contributed by atoms with van der Waals surface area (Å²) in [4.78, 5) is 15.3. The molecule has 0 saturated heterocycles. The van der Waals surface area contributed by atoms with Gasteiger partial charge in [-0.3, -0.25) is 9.78 Å². The van der Waals surface area contributed by atoms with Crippen LogP contribution in [0.25, 0.3) is 0 Å². The molecular weight excluding hydrogens is 236 g/mol. The minimum atomic E-state index is -0.220. The number of hydrogen-bond acceptors (Lipinski definition) is 5. The maximum absolute atomic E-state index is 11.3. The van der Waals surface area contributed by atoms with E-state index in [0.29, 0.717) is 0 Å². The number of carbonyl (C=O) groups is 1. The number of nitrogens with zero attached hydrogens (tertiary/aromatic N) is 1. The van der Waals surface area contributed by atoms with Crippen LogP contribution in [0.2, 0.25) is 0 Å². The summed E-state index contributed by atoms with van der Waals surface area (Å²) in [5.41, 5.74) is 1.27. The summed E-state index contributed by atoms with van der Waals surface area (Å²) >= 11 is 1.74. The van der Waals surface area contributed by atoms with Crippen LogP contribution in [0, 0.1) is 0 Å². The average Bonchev–Trinajstić information content (AvgIpc) is 2.39. The van der Waals surface area contributed by atoms with Crippen molar-refractivity contribution in [2.75, 3.05) is 25.7 Å². The summed E-state index contributed by atoms with van der Waals surface area (Å²) in [7, 11) is 3.18. The third kappa shape index (κ3) is 5.19. The highest BCUT2D eigenvalue weighted by molar-refractivity contribution is 7.99. The van der Waals surface area contributed by atoms with Crippen LogP contribution in [0.4, 0.5) is 0 Å². The van der Waals surface area contributed by atoms with E-state index in [1.165, 1.54) is 12.7 Å². The first-order valence-corrected chi connectivity index (χ1v) is 6.65. The van der Waals surface area contributed by atoms with Gasteiger partial charge in [-0.2, -0.15) is 11.8 Å². The summed E-state index contributed by atoms with van der Waals surface area (Å²) in [6, 6.07) is 3.80. The molecule has 0 amide bonds. The molecule has 0 aliphatic carbocycles. The lowest BCUT2D eigenvalue weighted by molar-refractivity contribution is -0.142. The summed E-state index contributed by atoms with van der Waals surface area (Å²) in [5.74, 6) is 1.51. The monoisotopic (exact) mass is 254 g/mol. The largest absolute Gasteiger partial charge is 0.468 e. The second-order valence-corrected chi connectivity index (χ2v) is 4.69. The number of thioether (sulfide) groups is 1. The van der Waals surface area contributed by atoms with Gasteiger partial charge < -0.3 is 10.1 Å². The molecule has 0 aliphatic heterocycles. The molecule has 17 heavy (non-hydrogen) atoms. The standard InChI is InChI=1S/C12H18N2O2S/c1-13-11(12(15)16-2)9-17-8-5-10-3-6-14-7-4-10/h3-4,6-7,11,13H,5,8-9H2,1-2H3. The van der Waals surface area contributed by atoms with Crippen molar-refractivity contribution in [3.05, 3.63) is 30.1 Å². The molecule has 0 spiro atoms. The van der Waals surface area contributed by atoms with Crippen LogP contribution in [-0.2, 0) is 16.0 Å². The number of likely N-dealkylation sites (N-methyl/N-ethyl adjacent to an activating group) is 1. The predicted octanol–water partition coefficient (Wildman–Crippen LogP) is 1.12. The van der Waals surface area contributed by atoms with Gasteiger partial charge in [-0.25, -0.2) is 0 Å². The van der Waals surface area contributed by atoms with Crippen LogP contribution in [0.5, 0.6) is 0 Å². The number of hydrogen-bond donors (Lipinski definition) is 1. The van der Waals surface area contributed by atoms with Gasteiger partial charge in [0.1, 0.15) is 6.04 Å². The maximum atomic E-state index is 11.3. The second-order valence-electron chi connectivity index (χ2n) is 3.54. The number of aryl methyl sites for hydroxylation is 1. The lowest BCUT2D eigenvalue weighted by Gasteiger charge is -2.12. The van der Waals surface area contributed by atoms with Crippen LogP contribution < -0.4 is 5.32 Å². The highest BCUT2D eigenvalue weighted by Crippen LogP contribution is 2.08. The molecule has 1 atom stereocenters. The Bertz CT molecular complexity index is 333. The van der Waals surface area contributed by atoms with Crippen molar-refractivity contribution in [1.82, 2.24) is 10.3 Å². The van der Waals surface area contributed by atoms with Gasteiger partial charge in [-0.1, -0.05) is 0 Å². The number of pyridine rings is 1. The molecule has 0 saturated carbocycles. The van der Waals surface area contributed by atoms with Crippen molar-refractivity contribution in [2.45, 2.75) is 12.5 Å². The van der Waals surface area contributed by atoms with Crippen molar-refractivity contribution in [1.29, 1.82) is 0 Å². The lowest BCUT2D eigenvalue weighted by Crippen LogP contribution is -2.37. The number of carbonyl (C=O) groups excluding carboxylic acids is 1. The Hall–Kier alpha value is -1.07. The predicted molar refractivity (Wildman–Crippen MR) is 70.1 cm³/mol. The van der Waals surface area contributed by atoms with E-state index < -0.39 is 0 Å². The SMILES string of the molecule is CNC(CSCCc1ccncc1)C(=O)OC. The van der Waals surface area contributed by atoms with E-state index in [4.69, 9.17) is 4.74 Å². The minimum Gasteiger partial charge on any atom is -0.468 e. The van der Waals surface area contributed by atoms with Gasteiger partial charge in [-0.05, 0) is 36.9 Å². The smallest absolute Gasteiger partial charge is 0.323 e. The summed E-state index contributed by atoms with van der Waals surface area (Å²) < 4.78 is 4.70. The van der Waals surface area contributed by atoms with Crippen LogP contribution in [0.15, 0.2) is 24.5 Å². The van der Waals surface area contributed by atoms with Crippen LogP contribution in [0.3, 0.4) is 0 Å². The Morgan fingerprint density at radius 1 is 1.53 bits per heavy atom. The minimum absolute atomic E-state index is 0.205. The van der Waals surface area contributed by atoms with Gasteiger partial charge in [0.25, 0.3) is 0 Å². The third-order valence-electron chi connectivity index (χ3n) is 2.40. The Kier molecular flexibility index (Phi) is 6.65. The van der Waals surface area contributed by atoms with Gasteiger partial charge in [-0.15, -0.1) is 0 Å². The Morgan fingerprint density at radius 3 is 2.82 bits per heavy atom. The molecule has 0 aromatic carbocycles. The molecule has 94 valence electrons. The van der Waals surface area contributed by atoms with Gasteiger partial charge >= 0.3 is 5.97 Å². The van der Waals surface area contributed by atoms with E-state index >= 15 is 0 Å². The number of rotatable bonds is 7. The fourth-order valence-electron chi connectivity index (χ4n) is 1.35. The average molecular weight is 254 g/mol. The molecule has 4 nitrogen and oxygen atoms in total. The highest BCUT2D eigenvalue weighted by atomic mass is 32.2. The van der Waals surface area contributed by atoms with Crippen LogP contribution in [0.1, 0.15) is 5.56 Å². The quantitative estimate of drug-likeness (QED) is 0.583. The Balaban J connectivity index is 2.21. The summed E-state index contributed by atoms with van der Waals surface area (Å²) in [6.45, 7) is 0. The molecule has 1 heterocycles. The third-order valence-corrected chi connectivity index (χ3v) is 3.46. The fourth-order valence-corrected chi connectivity index (χ4v) is 2.44. The fraction of sp³-hybridized carbons (Fsp3) is 0.500. The van der Waals surface area contributed by atoms with E-state index in [1.807, 2.05) is 12.1 Å². The maximum Gasteiger partial charge on any atom is 0.323 e. The van der Waals surface area contributed by atoms with Crippen LogP contribution >= 0.6 is 11.8 Å². The zero-order valence-corrected chi connectivity index (χ0v) is 11.0. The van der Waals surface area contributed by atoms with E-state index in [-0.39, 0.29) is 12.0 Å². The zero-order valence-electron chi connectivity index (χ0n) is 10.2. The number of ether oxygens (including phenoxy) is 1. The summed E-state index contributed by atoms with van der Waals surface area (Å²) in [6.07, 6.45) is 4.58. The van der Waals surface area contributed by atoms with E-state index in [2.05, 4.69) is 10.3 Å². The van der Waals surface area contributed by atoms with Crippen LogP contribution in [-0.4, -0.2) is 42.7 Å². The normalized spacial score (nSPS) is 12.1. The van der Waals surface area contributed by atoms with E-state index in [9.17, 15) is 4.79 Å². The highest BCUT2D eigenvalue weighted by Gasteiger charge is 2.15. The first kappa shape index (κ1) is 14.0. The number of methoxy groups -OCH3 is 1. The van der Waals surface area contributed by atoms with Crippen molar-refractivity contribution in [3.63, 3.8) is 0 Å². The van der Waals surface area contributed by atoms with Gasteiger partial charge in [0.05, 0.1) is 7.11 Å². The van der Waals surface area contributed by atoms with E-state index in [1.54, 1.807) is 31.2 Å². The zero-order chi connectivity index (χ0) is 12.5. The number of nitrogens with one attached hydrogen (secondary N) is 1. The number of aromatic nitrogens is 1. The van der Waals surface area contributed by atoms with Crippen molar-refractivity contribution in [2.24, 2.45) is 0 Å². The van der Waals surface area contributed by atoms with Crippen molar-refractivity contribution < 1.29 is 9.53 Å². The molecule has 0 aliphatic rings. The molecule has 5 heteroatoms. The first-order valence-electron chi connectivity index (χ1n) is 5.49. The second kappa shape index (κ2) is 8.08.